The smallest absolute Gasteiger partial charge is 0.0755 e. The Bertz CT molecular complexity index is 5160. The minimum atomic E-state index is -0.615. The molecule has 15 aromatic rings. The molecule has 4 aliphatic rings. The molecule has 0 saturated carbocycles. The number of hydrogen-bond donors (Lipinski definition) is 0. The molecule has 13 aromatic carbocycles. The van der Waals surface area contributed by atoms with Gasteiger partial charge in [-0.2, -0.15) is 0 Å². The Morgan fingerprint density at radius 2 is 0.753 bits per heavy atom. The number of aromatic nitrogens is 2. The maximum atomic E-state index is 2.58. The molecule has 1 aliphatic heterocycles. The summed E-state index contributed by atoms with van der Waals surface area (Å²) in [6.07, 6.45) is 0. The standard InChI is InChI=1S/C78H47N3/c1-2-20-52-48(19-1)39-46-66-74(52)60-45-44-51(47-68(60)77(66)61-28-9-3-21-53(61)54-22-4-10-29-62(54)77)79(49-40-42-50(43-41-49)80-69-34-13-6-23-55(69)56-24-7-14-35-70(56)80)73-38-18-32-65-75(73)59-26-5-11-30-63(59)78(65)64-31-12-16-37-72(64)81-71-36-15-8-25-57(71)58-27-17-33-67(78)76(58)81/h1-47H. The van der Waals surface area contributed by atoms with Gasteiger partial charge in [-0.05, 0) is 150 Å². The van der Waals surface area contributed by atoms with Crippen molar-refractivity contribution in [2.45, 2.75) is 10.8 Å². The van der Waals surface area contributed by atoms with Crippen molar-refractivity contribution in [2.75, 3.05) is 4.90 Å². The number of nitrogens with zero attached hydrogens (tertiary/aromatic N) is 3. The van der Waals surface area contributed by atoms with E-state index in [9.17, 15) is 0 Å². The van der Waals surface area contributed by atoms with Crippen LogP contribution < -0.4 is 4.90 Å². The second kappa shape index (κ2) is 15.6. The van der Waals surface area contributed by atoms with Gasteiger partial charge in [0.1, 0.15) is 0 Å². The molecule has 81 heavy (non-hydrogen) atoms. The van der Waals surface area contributed by atoms with Gasteiger partial charge in [0.25, 0.3) is 0 Å². The second-order valence-electron chi connectivity index (χ2n) is 22.6. The molecule has 0 amide bonds. The maximum absolute atomic E-state index is 2.58. The topological polar surface area (TPSA) is 13.1 Å². The van der Waals surface area contributed by atoms with Crippen LogP contribution in [0.25, 0.3) is 99.1 Å². The highest BCUT2D eigenvalue weighted by Gasteiger charge is 2.54. The molecule has 0 radical (unpaired) electrons. The Balaban J connectivity index is 0.911. The van der Waals surface area contributed by atoms with E-state index < -0.39 is 10.8 Å². The van der Waals surface area contributed by atoms with Crippen molar-refractivity contribution < 1.29 is 0 Å². The van der Waals surface area contributed by atoms with Gasteiger partial charge in [-0.1, -0.05) is 218 Å². The summed E-state index contributed by atoms with van der Waals surface area (Å²) in [5.74, 6) is 0. The van der Waals surface area contributed by atoms with Crippen molar-refractivity contribution in [3.8, 4) is 44.8 Å². The predicted octanol–water partition coefficient (Wildman–Crippen LogP) is 19.5. The highest BCUT2D eigenvalue weighted by molar-refractivity contribution is 6.14. The van der Waals surface area contributed by atoms with Crippen LogP contribution in [0.15, 0.2) is 285 Å². The van der Waals surface area contributed by atoms with Gasteiger partial charge in [0.05, 0.1) is 44.3 Å². The first-order valence-corrected chi connectivity index (χ1v) is 28.3. The van der Waals surface area contributed by atoms with E-state index in [1.54, 1.807) is 0 Å². The van der Waals surface area contributed by atoms with Crippen molar-refractivity contribution in [2.24, 2.45) is 0 Å². The van der Waals surface area contributed by atoms with Gasteiger partial charge in [0.15, 0.2) is 0 Å². The maximum Gasteiger partial charge on any atom is 0.0755 e. The molecule has 3 aliphatic carbocycles. The van der Waals surface area contributed by atoms with Crippen LogP contribution in [0, 0.1) is 0 Å². The Hall–Kier alpha value is -10.5. The summed E-state index contributed by atoms with van der Waals surface area (Å²) in [4.78, 5) is 2.58. The molecular weight excluding hydrogens is 979 g/mol. The lowest BCUT2D eigenvalue weighted by atomic mass is 9.65. The van der Waals surface area contributed by atoms with Crippen LogP contribution in [0.3, 0.4) is 0 Å². The zero-order valence-corrected chi connectivity index (χ0v) is 44.0. The van der Waals surface area contributed by atoms with Gasteiger partial charge in [-0.25, -0.2) is 0 Å². The zero-order chi connectivity index (χ0) is 52.7. The summed E-state index contributed by atoms with van der Waals surface area (Å²) in [6, 6.07) is 108. The molecular formula is C78H47N3. The molecule has 3 heteroatoms. The summed E-state index contributed by atoms with van der Waals surface area (Å²) >= 11 is 0. The van der Waals surface area contributed by atoms with Crippen LogP contribution in [0.5, 0.6) is 0 Å². The monoisotopic (exact) mass is 1030 g/mol. The van der Waals surface area contributed by atoms with Crippen molar-refractivity contribution in [1.82, 2.24) is 9.13 Å². The lowest BCUT2D eigenvalue weighted by molar-refractivity contribution is 0.748. The highest BCUT2D eigenvalue weighted by Crippen LogP contribution is 2.66. The first-order valence-electron chi connectivity index (χ1n) is 28.3. The summed E-state index contributed by atoms with van der Waals surface area (Å²) < 4.78 is 4.96. The molecule has 1 atom stereocenters. The summed E-state index contributed by atoms with van der Waals surface area (Å²) in [5, 5.41) is 7.59. The number of benzene rings is 13. The van der Waals surface area contributed by atoms with Gasteiger partial charge in [-0.15, -0.1) is 0 Å². The van der Waals surface area contributed by atoms with E-state index >= 15 is 0 Å². The molecule has 2 aromatic heterocycles. The normalized spacial score (nSPS) is 15.3. The van der Waals surface area contributed by atoms with Gasteiger partial charge in [0.2, 0.25) is 0 Å². The molecule has 19 rings (SSSR count). The van der Waals surface area contributed by atoms with E-state index in [2.05, 4.69) is 299 Å². The average molecular weight is 1030 g/mol. The summed E-state index contributed by atoms with van der Waals surface area (Å²) in [5.41, 5.74) is 27.6. The van der Waals surface area contributed by atoms with Crippen LogP contribution in [0.4, 0.5) is 17.1 Å². The number of rotatable bonds is 4. The third kappa shape index (κ3) is 5.26. The van der Waals surface area contributed by atoms with E-state index in [1.807, 2.05) is 0 Å². The number of anilines is 3. The van der Waals surface area contributed by atoms with E-state index in [0.29, 0.717) is 0 Å². The Kier molecular flexibility index (Phi) is 8.39. The number of para-hydroxylation sites is 5. The van der Waals surface area contributed by atoms with Crippen molar-refractivity contribution in [3.05, 3.63) is 330 Å². The fourth-order valence-electron chi connectivity index (χ4n) is 16.2. The predicted molar refractivity (Wildman–Crippen MR) is 334 cm³/mol. The minimum absolute atomic E-state index is 0.553. The average Bonchev–Trinajstić information content (AvgIpc) is 1.98. The van der Waals surface area contributed by atoms with Crippen LogP contribution in [0.1, 0.15) is 44.5 Å². The molecule has 0 bridgehead atoms. The SMILES string of the molecule is c1ccc2c(c1)-c1ccccc1C21c2cc(N(c3ccc(-n4c5ccccc5c5ccccc54)cc3)c3cccc4c3-c3ccccc3C43c4ccccc4-n4c5ccccc5c5cccc3c54)ccc2-c2c1ccc1ccccc21. The fourth-order valence-corrected chi connectivity index (χ4v) is 16.2. The van der Waals surface area contributed by atoms with Crippen LogP contribution in [-0.4, -0.2) is 9.13 Å². The van der Waals surface area contributed by atoms with Crippen molar-refractivity contribution >= 4 is 71.4 Å². The molecule has 3 heterocycles. The lowest BCUT2D eigenvalue weighted by Crippen LogP contribution is -2.33. The number of hydrogen-bond acceptors (Lipinski definition) is 1. The molecule has 0 N–H and O–H groups in total. The highest BCUT2D eigenvalue weighted by atomic mass is 15.1. The Morgan fingerprint density at radius 1 is 0.272 bits per heavy atom. The summed E-state index contributed by atoms with van der Waals surface area (Å²) in [6.45, 7) is 0. The zero-order valence-electron chi connectivity index (χ0n) is 44.0. The fraction of sp³-hybridized carbons (Fsp3) is 0.0256. The van der Waals surface area contributed by atoms with Gasteiger partial charge in [-0.3, -0.25) is 0 Å². The second-order valence-corrected chi connectivity index (χ2v) is 22.6. The Labute approximate surface area is 468 Å². The van der Waals surface area contributed by atoms with Gasteiger partial charge >= 0.3 is 0 Å². The molecule has 374 valence electrons. The van der Waals surface area contributed by atoms with Crippen LogP contribution >= 0.6 is 0 Å². The molecule has 3 nitrogen and oxygen atoms in total. The van der Waals surface area contributed by atoms with E-state index in [-0.39, 0.29) is 0 Å². The lowest BCUT2D eigenvalue weighted by Gasteiger charge is -2.39. The minimum Gasteiger partial charge on any atom is -0.310 e. The Morgan fingerprint density at radius 3 is 1.47 bits per heavy atom. The molecule has 0 saturated heterocycles. The van der Waals surface area contributed by atoms with E-state index in [4.69, 9.17) is 0 Å². The van der Waals surface area contributed by atoms with E-state index in [0.717, 1.165) is 22.7 Å². The first kappa shape index (κ1) is 43.5. The molecule has 0 fully saturated rings. The third-order valence-electron chi connectivity index (χ3n) is 19.1. The quantitative estimate of drug-likeness (QED) is 0.171. The molecule has 2 spiro atoms. The van der Waals surface area contributed by atoms with Crippen LogP contribution in [0.2, 0.25) is 0 Å². The van der Waals surface area contributed by atoms with Gasteiger partial charge in [0, 0.05) is 44.2 Å². The third-order valence-corrected chi connectivity index (χ3v) is 19.1. The molecule has 1 unspecified atom stereocenters. The van der Waals surface area contributed by atoms with Crippen LogP contribution in [-0.2, 0) is 10.8 Å². The van der Waals surface area contributed by atoms with Crippen molar-refractivity contribution in [1.29, 1.82) is 0 Å². The largest absolute Gasteiger partial charge is 0.310 e. The number of fused-ring (bicyclic) bond motifs is 27. The van der Waals surface area contributed by atoms with Crippen molar-refractivity contribution in [3.63, 3.8) is 0 Å². The first-order chi connectivity index (χ1) is 40.2. The van der Waals surface area contributed by atoms with E-state index in [1.165, 1.54) is 138 Å². The summed E-state index contributed by atoms with van der Waals surface area (Å²) in [7, 11) is 0. The van der Waals surface area contributed by atoms with Gasteiger partial charge < -0.3 is 14.0 Å².